The summed E-state index contributed by atoms with van der Waals surface area (Å²) in [6, 6.07) is 22.7. The lowest BCUT2D eigenvalue weighted by Crippen LogP contribution is -2.13. The number of nitrogens with zero attached hydrogens (tertiary/aromatic N) is 1. The molecule has 31 heavy (non-hydrogen) atoms. The second-order valence-electron chi connectivity index (χ2n) is 7.53. The third-order valence-corrected chi connectivity index (χ3v) is 5.12. The van der Waals surface area contributed by atoms with Crippen LogP contribution in [-0.4, -0.2) is 18.0 Å². The van der Waals surface area contributed by atoms with Gasteiger partial charge in [0.2, 0.25) is 5.89 Å². The summed E-state index contributed by atoms with van der Waals surface area (Å²) in [5, 5.41) is 2.96. The normalized spacial score (nSPS) is 10.8. The molecule has 0 aliphatic carbocycles. The van der Waals surface area contributed by atoms with Crippen LogP contribution < -0.4 is 10.1 Å². The Morgan fingerprint density at radius 3 is 2.35 bits per heavy atom. The number of benzene rings is 3. The molecule has 0 fully saturated rings. The van der Waals surface area contributed by atoms with Gasteiger partial charge < -0.3 is 14.5 Å². The van der Waals surface area contributed by atoms with Gasteiger partial charge in [0.25, 0.3) is 5.91 Å². The van der Waals surface area contributed by atoms with Crippen molar-refractivity contribution in [3.8, 4) is 28.5 Å². The van der Waals surface area contributed by atoms with Crippen molar-refractivity contribution < 1.29 is 13.9 Å². The molecule has 0 spiro atoms. The van der Waals surface area contributed by atoms with Crippen LogP contribution in [-0.2, 0) is 0 Å². The molecule has 0 saturated carbocycles. The van der Waals surface area contributed by atoms with Crippen molar-refractivity contribution in [2.75, 3.05) is 12.4 Å². The number of hydrogen-bond donors (Lipinski definition) is 1. The van der Waals surface area contributed by atoms with E-state index in [2.05, 4.69) is 24.1 Å². The van der Waals surface area contributed by atoms with Crippen molar-refractivity contribution >= 4 is 11.6 Å². The third-order valence-electron chi connectivity index (χ3n) is 5.12. The quantitative estimate of drug-likeness (QED) is 0.398. The molecule has 1 aromatic heterocycles. The van der Waals surface area contributed by atoms with Crippen molar-refractivity contribution in [3.63, 3.8) is 0 Å². The van der Waals surface area contributed by atoms with Crippen LogP contribution in [0.15, 0.2) is 83.4 Å². The van der Waals surface area contributed by atoms with E-state index in [0.29, 0.717) is 28.7 Å². The highest BCUT2D eigenvalue weighted by atomic mass is 16.5. The third kappa shape index (κ3) is 4.51. The molecule has 0 atom stereocenters. The Hall–Kier alpha value is -3.86. The van der Waals surface area contributed by atoms with Gasteiger partial charge in [-0.2, -0.15) is 0 Å². The molecule has 0 aliphatic rings. The molecule has 1 heterocycles. The molecular formula is C26H24N2O3. The average Bonchev–Trinajstić information content (AvgIpc) is 3.29. The number of carbonyl (C=O) groups is 1. The van der Waals surface area contributed by atoms with Gasteiger partial charge in [0, 0.05) is 16.8 Å². The second-order valence-corrected chi connectivity index (χ2v) is 7.53. The number of nitrogens with one attached hydrogen (secondary N) is 1. The smallest absolute Gasteiger partial charge is 0.256 e. The molecule has 5 heteroatoms. The van der Waals surface area contributed by atoms with Crippen molar-refractivity contribution in [2.24, 2.45) is 0 Å². The molecule has 3 aromatic carbocycles. The highest BCUT2D eigenvalue weighted by molar-refractivity contribution is 6.08. The standard InChI is InChI=1S/C26H24N2O3/c1-17(2)18-8-12-20(13-9-18)28-25(29)22-6-4-5-7-23(22)26-27-16-24(31-26)19-10-14-21(30-3)15-11-19/h4-17H,1-3H3,(H,28,29). The first kappa shape index (κ1) is 20.4. The van der Waals surface area contributed by atoms with E-state index in [1.807, 2.05) is 66.7 Å². The minimum Gasteiger partial charge on any atom is -0.497 e. The summed E-state index contributed by atoms with van der Waals surface area (Å²) in [4.78, 5) is 17.4. The van der Waals surface area contributed by atoms with Gasteiger partial charge in [-0.05, 0) is 60.0 Å². The van der Waals surface area contributed by atoms with Gasteiger partial charge in [0.15, 0.2) is 5.76 Å². The van der Waals surface area contributed by atoms with Crippen molar-refractivity contribution in [1.82, 2.24) is 4.98 Å². The van der Waals surface area contributed by atoms with Crippen LogP contribution in [0.25, 0.3) is 22.8 Å². The summed E-state index contributed by atoms with van der Waals surface area (Å²) in [5.74, 6) is 2.02. The summed E-state index contributed by atoms with van der Waals surface area (Å²) in [6.45, 7) is 4.28. The first-order chi connectivity index (χ1) is 15.0. The average molecular weight is 412 g/mol. The van der Waals surface area contributed by atoms with Crippen LogP contribution in [0.1, 0.15) is 35.7 Å². The maximum Gasteiger partial charge on any atom is 0.256 e. The van der Waals surface area contributed by atoms with Crippen molar-refractivity contribution in [1.29, 1.82) is 0 Å². The zero-order chi connectivity index (χ0) is 21.8. The first-order valence-electron chi connectivity index (χ1n) is 10.2. The molecule has 0 unspecified atom stereocenters. The van der Waals surface area contributed by atoms with Crippen LogP contribution >= 0.6 is 0 Å². The van der Waals surface area contributed by atoms with E-state index in [1.54, 1.807) is 19.4 Å². The fourth-order valence-electron chi connectivity index (χ4n) is 3.30. The zero-order valence-electron chi connectivity index (χ0n) is 17.8. The van der Waals surface area contributed by atoms with E-state index >= 15 is 0 Å². The monoisotopic (exact) mass is 412 g/mol. The van der Waals surface area contributed by atoms with Crippen molar-refractivity contribution in [3.05, 3.63) is 90.1 Å². The van der Waals surface area contributed by atoms with Gasteiger partial charge in [0.05, 0.1) is 18.9 Å². The number of oxazole rings is 1. The van der Waals surface area contributed by atoms with Gasteiger partial charge in [-0.3, -0.25) is 4.79 Å². The Morgan fingerprint density at radius 1 is 0.968 bits per heavy atom. The second kappa shape index (κ2) is 8.88. The van der Waals surface area contributed by atoms with E-state index in [4.69, 9.17) is 9.15 Å². The maximum atomic E-state index is 13.0. The highest BCUT2D eigenvalue weighted by Crippen LogP contribution is 2.29. The summed E-state index contributed by atoms with van der Waals surface area (Å²) < 4.78 is 11.2. The molecule has 1 amide bonds. The largest absolute Gasteiger partial charge is 0.497 e. The molecular weight excluding hydrogens is 388 g/mol. The SMILES string of the molecule is COc1ccc(-c2cnc(-c3ccccc3C(=O)Nc3ccc(C(C)C)cc3)o2)cc1. The number of carbonyl (C=O) groups excluding carboxylic acids is 1. The van der Waals surface area contributed by atoms with Crippen LogP contribution in [0.4, 0.5) is 5.69 Å². The highest BCUT2D eigenvalue weighted by Gasteiger charge is 2.17. The lowest BCUT2D eigenvalue weighted by molar-refractivity contribution is 0.102. The van der Waals surface area contributed by atoms with Crippen LogP contribution in [0.5, 0.6) is 5.75 Å². The van der Waals surface area contributed by atoms with Gasteiger partial charge in [-0.15, -0.1) is 0 Å². The van der Waals surface area contributed by atoms with Gasteiger partial charge in [-0.1, -0.05) is 38.1 Å². The van der Waals surface area contributed by atoms with E-state index < -0.39 is 0 Å². The lowest BCUT2D eigenvalue weighted by atomic mass is 10.0. The molecule has 0 bridgehead atoms. The number of ether oxygens (including phenoxy) is 1. The Kier molecular flexibility index (Phi) is 5.85. The van der Waals surface area contributed by atoms with Crippen LogP contribution in [0.2, 0.25) is 0 Å². The zero-order valence-corrected chi connectivity index (χ0v) is 17.8. The molecule has 0 radical (unpaired) electrons. The summed E-state index contributed by atoms with van der Waals surface area (Å²) in [6.07, 6.45) is 1.66. The predicted octanol–water partition coefficient (Wildman–Crippen LogP) is 6.39. The number of hydrogen-bond acceptors (Lipinski definition) is 4. The van der Waals surface area contributed by atoms with Crippen molar-refractivity contribution in [2.45, 2.75) is 19.8 Å². The van der Waals surface area contributed by atoms with Gasteiger partial charge in [0.1, 0.15) is 5.75 Å². The Balaban J connectivity index is 1.58. The minimum absolute atomic E-state index is 0.211. The van der Waals surface area contributed by atoms with E-state index in [0.717, 1.165) is 17.0 Å². The first-order valence-corrected chi connectivity index (χ1v) is 10.2. The Labute approximate surface area is 181 Å². The number of amides is 1. The number of anilines is 1. The number of rotatable bonds is 6. The van der Waals surface area contributed by atoms with E-state index in [1.165, 1.54) is 5.56 Å². The summed E-state index contributed by atoms with van der Waals surface area (Å²) >= 11 is 0. The minimum atomic E-state index is -0.211. The summed E-state index contributed by atoms with van der Waals surface area (Å²) in [7, 11) is 1.63. The Bertz CT molecular complexity index is 1180. The number of aromatic nitrogens is 1. The fraction of sp³-hybridized carbons (Fsp3) is 0.154. The number of methoxy groups -OCH3 is 1. The molecule has 4 aromatic rings. The maximum absolute atomic E-state index is 13.0. The molecule has 1 N–H and O–H groups in total. The topological polar surface area (TPSA) is 64.4 Å². The molecule has 156 valence electrons. The molecule has 0 aliphatic heterocycles. The van der Waals surface area contributed by atoms with E-state index in [-0.39, 0.29) is 5.91 Å². The predicted molar refractivity (Wildman–Crippen MR) is 122 cm³/mol. The summed E-state index contributed by atoms with van der Waals surface area (Å²) in [5.41, 5.74) is 3.99. The van der Waals surface area contributed by atoms with Crippen LogP contribution in [0.3, 0.4) is 0 Å². The fourth-order valence-corrected chi connectivity index (χ4v) is 3.30. The molecule has 5 nitrogen and oxygen atoms in total. The van der Waals surface area contributed by atoms with E-state index in [9.17, 15) is 4.79 Å². The van der Waals surface area contributed by atoms with Crippen LogP contribution in [0, 0.1) is 0 Å². The lowest BCUT2D eigenvalue weighted by Gasteiger charge is -2.10. The van der Waals surface area contributed by atoms with Gasteiger partial charge in [-0.25, -0.2) is 4.98 Å². The molecule has 4 rings (SSSR count). The Morgan fingerprint density at radius 2 is 1.68 bits per heavy atom. The molecule has 0 saturated heterocycles. The van der Waals surface area contributed by atoms with Gasteiger partial charge >= 0.3 is 0 Å².